The third kappa shape index (κ3) is 3.94. The lowest BCUT2D eigenvalue weighted by Crippen LogP contribution is -2.48. The van der Waals surface area contributed by atoms with E-state index in [4.69, 9.17) is 10.00 Å². The molecule has 9 heteroatoms. The van der Waals surface area contributed by atoms with Gasteiger partial charge in [0.15, 0.2) is 0 Å². The molecule has 2 aromatic rings. The molecule has 3 aliphatic rings. The average molecular weight is 445 g/mol. The fourth-order valence-electron chi connectivity index (χ4n) is 4.57. The van der Waals surface area contributed by atoms with Gasteiger partial charge in [0.2, 0.25) is 0 Å². The molecule has 2 fully saturated rings. The van der Waals surface area contributed by atoms with E-state index in [0.717, 1.165) is 18.5 Å². The number of carbonyl (C=O) groups is 3. The van der Waals surface area contributed by atoms with Crippen molar-refractivity contribution < 1.29 is 19.1 Å². The minimum Gasteiger partial charge on any atom is -0.376 e. The van der Waals surface area contributed by atoms with Crippen LogP contribution < -0.4 is 4.90 Å². The van der Waals surface area contributed by atoms with Gasteiger partial charge in [-0.3, -0.25) is 19.3 Å². The Morgan fingerprint density at radius 3 is 2.55 bits per heavy atom. The molecular formula is C24H23N5O4. The fourth-order valence-corrected chi connectivity index (χ4v) is 4.57. The number of hydrogen-bond donors (Lipinski definition) is 0. The molecule has 0 aliphatic carbocycles. The summed E-state index contributed by atoms with van der Waals surface area (Å²) >= 11 is 0. The lowest BCUT2D eigenvalue weighted by atomic mass is 10.0. The first-order chi connectivity index (χ1) is 16.0. The summed E-state index contributed by atoms with van der Waals surface area (Å²) < 4.78 is 5.57. The van der Waals surface area contributed by atoms with Crippen molar-refractivity contribution in [3.8, 4) is 6.07 Å². The second-order valence-electron chi connectivity index (χ2n) is 8.41. The lowest BCUT2D eigenvalue weighted by Gasteiger charge is -2.36. The van der Waals surface area contributed by atoms with E-state index in [2.05, 4.69) is 9.88 Å². The first-order valence-corrected chi connectivity index (χ1v) is 11.1. The van der Waals surface area contributed by atoms with Gasteiger partial charge in [-0.05, 0) is 43.2 Å². The highest BCUT2D eigenvalue weighted by atomic mass is 16.5. The SMILES string of the molecule is N#Cc1ccc(N2CCN(C(=O)c3ccc4c(c3)C(=O)N(CC3CCCO3)C4=O)CC2)cn1. The Morgan fingerprint density at radius 2 is 1.88 bits per heavy atom. The molecule has 0 bridgehead atoms. The summed E-state index contributed by atoms with van der Waals surface area (Å²) in [5, 5.41) is 8.89. The average Bonchev–Trinajstić information content (AvgIpc) is 3.46. The van der Waals surface area contributed by atoms with Crippen LogP contribution in [-0.4, -0.2) is 77.9 Å². The number of piperazine rings is 1. The van der Waals surface area contributed by atoms with Crippen LogP contribution >= 0.6 is 0 Å². The van der Waals surface area contributed by atoms with Gasteiger partial charge >= 0.3 is 0 Å². The Kier molecular flexibility index (Phi) is 5.52. The molecule has 168 valence electrons. The number of carbonyl (C=O) groups excluding carboxylic acids is 3. The number of benzene rings is 1. The molecule has 1 aromatic heterocycles. The smallest absolute Gasteiger partial charge is 0.261 e. The Hall–Kier alpha value is -3.77. The van der Waals surface area contributed by atoms with Crippen LogP contribution in [0.4, 0.5) is 5.69 Å². The van der Waals surface area contributed by atoms with Gasteiger partial charge in [0, 0.05) is 38.3 Å². The van der Waals surface area contributed by atoms with Crippen LogP contribution in [0.1, 0.15) is 49.6 Å². The maximum Gasteiger partial charge on any atom is 0.261 e. The van der Waals surface area contributed by atoms with Crippen molar-refractivity contribution >= 4 is 23.4 Å². The van der Waals surface area contributed by atoms with E-state index in [-0.39, 0.29) is 35.9 Å². The van der Waals surface area contributed by atoms with Crippen LogP contribution in [0.15, 0.2) is 36.5 Å². The molecule has 0 radical (unpaired) electrons. The van der Waals surface area contributed by atoms with Gasteiger partial charge < -0.3 is 14.5 Å². The zero-order chi connectivity index (χ0) is 22.9. The number of pyridine rings is 1. The summed E-state index contributed by atoms with van der Waals surface area (Å²) in [4.78, 5) is 47.9. The van der Waals surface area contributed by atoms with E-state index in [0.29, 0.717) is 49.6 Å². The zero-order valence-corrected chi connectivity index (χ0v) is 18.1. The van der Waals surface area contributed by atoms with Crippen LogP contribution in [0.5, 0.6) is 0 Å². The molecule has 1 atom stereocenters. The molecule has 0 spiro atoms. The number of nitriles is 1. The third-order valence-corrected chi connectivity index (χ3v) is 6.42. The minimum absolute atomic E-state index is 0.115. The predicted molar refractivity (Wildman–Crippen MR) is 118 cm³/mol. The molecule has 0 N–H and O–H groups in total. The minimum atomic E-state index is -0.363. The number of amides is 3. The Balaban J connectivity index is 1.25. The lowest BCUT2D eigenvalue weighted by molar-refractivity contribution is 0.0475. The Labute approximate surface area is 191 Å². The molecular weight excluding hydrogens is 422 g/mol. The number of nitrogens with zero attached hydrogens (tertiary/aromatic N) is 5. The second kappa shape index (κ2) is 8.64. The van der Waals surface area contributed by atoms with Crippen LogP contribution in [0.2, 0.25) is 0 Å². The summed E-state index contributed by atoms with van der Waals surface area (Å²) in [7, 11) is 0. The molecule has 9 nitrogen and oxygen atoms in total. The van der Waals surface area contributed by atoms with Gasteiger partial charge in [-0.25, -0.2) is 4.98 Å². The van der Waals surface area contributed by atoms with Gasteiger partial charge in [-0.15, -0.1) is 0 Å². The van der Waals surface area contributed by atoms with Gasteiger partial charge in [-0.2, -0.15) is 5.26 Å². The maximum absolute atomic E-state index is 13.1. The van der Waals surface area contributed by atoms with Gasteiger partial charge in [-0.1, -0.05) is 0 Å². The van der Waals surface area contributed by atoms with Crippen molar-refractivity contribution in [2.24, 2.45) is 0 Å². The summed E-state index contributed by atoms with van der Waals surface area (Å²) in [5.74, 6) is -0.847. The molecule has 3 aliphatic heterocycles. The van der Waals surface area contributed by atoms with Crippen molar-refractivity contribution in [3.63, 3.8) is 0 Å². The summed E-state index contributed by atoms with van der Waals surface area (Å²) in [6, 6.07) is 10.3. The van der Waals surface area contributed by atoms with E-state index in [1.54, 1.807) is 35.4 Å². The number of ether oxygens (including phenoxy) is 1. The predicted octanol–water partition coefficient (Wildman–Crippen LogP) is 1.69. The molecule has 1 unspecified atom stereocenters. The van der Waals surface area contributed by atoms with Crippen LogP contribution in [-0.2, 0) is 4.74 Å². The molecule has 1 aromatic carbocycles. The molecule has 33 heavy (non-hydrogen) atoms. The molecule has 5 rings (SSSR count). The Bertz CT molecular complexity index is 1140. The van der Waals surface area contributed by atoms with E-state index in [9.17, 15) is 14.4 Å². The number of hydrogen-bond acceptors (Lipinski definition) is 7. The van der Waals surface area contributed by atoms with Crippen molar-refractivity contribution in [2.45, 2.75) is 18.9 Å². The van der Waals surface area contributed by atoms with Crippen molar-refractivity contribution in [1.82, 2.24) is 14.8 Å². The summed E-state index contributed by atoms with van der Waals surface area (Å²) in [6.45, 7) is 3.22. The molecule has 0 saturated carbocycles. The van der Waals surface area contributed by atoms with Gasteiger partial charge in [0.25, 0.3) is 17.7 Å². The first kappa shape index (κ1) is 21.1. The molecule has 4 heterocycles. The quantitative estimate of drug-likeness (QED) is 0.659. The van der Waals surface area contributed by atoms with E-state index in [1.165, 1.54) is 4.90 Å². The monoisotopic (exact) mass is 445 g/mol. The van der Waals surface area contributed by atoms with E-state index < -0.39 is 0 Å². The largest absolute Gasteiger partial charge is 0.376 e. The zero-order valence-electron chi connectivity index (χ0n) is 18.1. The van der Waals surface area contributed by atoms with Crippen LogP contribution in [0.25, 0.3) is 0 Å². The highest BCUT2D eigenvalue weighted by molar-refractivity contribution is 6.22. The van der Waals surface area contributed by atoms with E-state index in [1.807, 2.05) is 12.1 Å². The molecule has 2 saturated heterocycles. The highest BCUT2D eigenvalue weighted by Gasteiger charge is 2.38. The fraction of sp³-hybridized carbons (Fsp3) is 0.375. The van der Waals surface area contributed by atoms with Crippen molar-refractivity contribution in [2.75, 3.05) is 44.2 Å². The summed E-state index contributed by atoms with van der Waals surface area (Å²) in [6.07, 6.45) is 3.32. The van der Waals surface area contributed by atoms with Crippen LogP contribution in [0, 0.1) is 11.3 Å². The highest BCUT2D eigenvalue weighted by Crippen LogP contribution is 2.27. The topological polar surface area (TPSA) is 107 Å². The van der Waals surface area contributed by atoms with E-state index >= 15 is 0 Å². The van der Waals surface area contributed by atoms with Crippen LogP contribution in [0.3, 0.4) is 0 Å². The Morgan fingerprint density at radius 1 is 1.09 bits per heavy atom. The first-order valence-electron chi connectivity index (χ1n) is 11.1. The standard InChI is InChI=1S/C24H23N5O4/c25-13-17-4-5-18(14-26-17)27-7-9-28(10-8-27)22(30)16-3-6-20-21(12-16)24(32)29(23(20)31)15-19-2-1-11-33-19/h3-6,12,14,19H,1-2,7-11,15H2. The van der Waals surface area contributed by atoms with Gasteiger partial charge in [0.1, 0.15) is 11.8 Å². The van der Waals surface area contributed by atoms with Gasteiger partial charge in [0.05, 0.1) is 35.7 Å². The number of anilines is 1. The number of aromatic nitrogens is 1. The second-order valence-corrected chi connectivity index (χ2v) is 8.41. The normalized spacial score (nSPS) is 20.2. The number of imide groups is 1. The maximum atomic E-state index is 13.1. The van der Waals surface area contributed by atoms with Crippen molar-refractivity contribution in [3.05, 3.63) is 58.9 Å². The summed E-state index contributed by atoms with van der Waals surface area (Å²) in [5.41, 5.74) is 2.31. The number of rotatable bonds is 4. The number of fused-ring (bicyclic) bond motifs is 1. The third-order valence-electron chi connectivity index (χ3n) is 6.42. The van der Waals surface area contributed by atoms with Crippen molar-refractivity contribution in [1.29, 1.82) is 5.26 Å². The molecule has 3 amide bonds.